The van der Waals surface area contributed by atoms with E-state index in [2.05, 4.69) is 62.4 Å². The van der Waals surface area contributed by atoms with Crippen LogP contribution in [0.3, 0.4) is 0 Å². The van der Waals surface area contributed by atoms with E-state index < -0.39 is 0 Å². The maximum Gasteiger partial charge on any atom is 0.306 e. The van der Waals surface area contributed by atoms with E-state index >= 15 is 0 Å². The molecule has 0 amide bonds. The Labute approximate surface area is 271 Å². The smallest absolute Gasteiger partial charge is 0.306 e. The highest BCUT2D eigenvalue weighted by Crippen LogP contribution is 2.26. The zero-order valence-corrected chi connectivity index (χ0v) is 28.9. The maximum absolute atomic E-state index is 12.4. The number of unbranched alkanes of at least 4 members (excludes halogenated alkanes) is 20. The SMILES string of the molecule is CCCCCCCCCCCCCCC(=O)OC(C)c1ccc(-c2ccc(OCCCCCCCCCCCC)cc2)cc1. The first-order valence-electron chi connectivity index (χ1n) is 18.7. The molecule has 1 unspecified atom stereocenters. The predicted octanol–water partition coefficient (Wildman–Crippen LogP) is 13.3. The third-order valence-electron chi connectivity index (χ3n) is 8.88. The van der Waals surface area contributed by atoms with Gasteiger partial charge in [-0.1, -0.05) is 179 Å². The van der Waals surface area contributed by atoms with Crippen molar-refractivity contribution in [3.63, 3.8) is 0 Å². The van der Waals surface area contributed by atoms with Gasteiger partial charge in [-0.15, -0.1) is 0 Å². The van der Waals surface area contributed by atoms with E-state index in [-0.39, 0.29) is 12.1 Å². The van der Waals surface area contributed by atoms with Gasteiger partial charge >= 0.3 is 5.97 Å². The lowest BCUT2D eigenvalue weighted by Crippen LogP contribution is -2.08. The maximum atomic E-state index is 12.4. The molecule has 2 rings (SSSR count). The molecule has 0 aliphatic rings. The number of carbonyl (C=O) groups is 1. The van der Waals surface area contributed by atoms with Crippen LogP contribution in [-0.2, 0) is 9.53 Å². The molecule has 0 bridgehead atoms. The van der Waals surface area contributed by atoms with Crippen LogP contribution in [-0.4, -0.2) is 12.6 Å². The molecule has 0 aromatic heterocycles. The van der Waals surface area contributed by atoms with Gasteiger partial charge in [-0.25, -0.2) is 0 Å². The van der Waals surface area contributed by atoms with Gasteiger partial charge in [-0.3, -0.25) is 4.79 Å². The van der Waals surface area contributed by atoms with Crippen molar-refractivity contribution >= 4 is 5.97 Å². The molecule has 3 heteroatoms. The van der Waals surface area contributed by atoms with Gasteiger partial charge in [0.2, 0.25) is 0 Å². The monoisotopic (exact) mass is 607 g/mol. The molecule has 0 aliphatic carbocycles. The van der Waals surface area contributed by atoms with Gasteiger partial charge in [0, 0.05) is 6.42 Å². The van der Waals surface area contributed by atoms with E-state index in [1.165, 1.54) is 128 Å². The van der Waals surface area contributed by atoms with Crippen LogP contribution in [0.5, 0.6) is 5.75 Å². The summed E-state index contributed by atoms with van der Waals surface area (Å²) in [6, 6.07) is 16.8. The Morgan fingerprint density at radius 3 is 1.36 bits per heavy atom. The van der Waals surface area contributed by atoms with Crippen molar-refractivity contribution in [1.29, 1.82) is 0 Å². The Balaban J connectivity index is 1.54. The summed E-state index contributed by atoms with van der Waals surface area (Å²) in [5, 5.41) is 0. The van der Waals surface area contributed by atoms with Crippen molar-refractivity contribution in [1.82, 2.24) is 0 Å². The van der Waals surface area contributed by atoms with Crippen molar-refractivity contribution < 1.29 is 14.3 Å². The van der Waals surface area contributed by atoms with Gasteiger partial charge in [-0.2, -0.15) is 0 Å². The van der Waals surface area contributed by atoms with E-state index in [0.717, 1.165) is 42.7 Å². The second-order valence-electron chi connectivity index (χ2n) is 12.9. The summed E-state index contributed by atoms with van der Waals surface area (Å²) in [5.41, 5.74) is 3.36. The van der Waals surface area contributed by atoms with Gasteiger partial charge in [0.25, 0.3) is 0 Å². The van der Waals surface area contributed by atoms with Crippen LogP contribution in [0.25, 0.3) is 11.1 Å². The van der Waals surface area contributed by atoms with Crippen molar-refractivity contribution in [2.45, 2.75) is 175 Å². The molecule has 0 radical (unpaired) electrons. The average Bonchev–Trinajstić information content (AvgIpc) is 3.04. The number of esters is 1. The summed E-state index contributed by atoms with van der Waals surface area (Å²) in [6.07, 6.45) is 29.3. The van der Waals surface area contributed by atoms with E-state index in [0.29, 0.717) is 6.42 Å². The Hall–Kier alpha value is -2.29. The fourth-order valence-corrected chi connectivity index (χ4v) is 5.90. The van der Waals surface area contributed by atoms with Gasteiger partial charge in [-0.05, 0) is 48.6 Å². The number of hydrogen-bond donors (Lipinski definition) is 0. The number of hydrogen-bond acceptors (Lipinski definition) is 3. The minimum Gasteiger partial charge on any atom is -0.494 e. The summed E-state index contributed by atoms with van der Waals surface area (Å²) < 4.78 is 11.7. The second-order valence-corrected chi connectivity index (χ2v) is 12.9. The Kier molecular flexibility index (Phi) is 22.4. The van der Waals surface area contributed by atoms with E-state index in [1.807, 2.05) is 6.92 Å². The summed E-state index contributed by atoms with van der Waals surface area (Å²) in [4.78, 5) is 12.4. The highest BCUT2D eigenvalue weighted by molar-refractivity contribution is 5.70. The van der Waals surface area contributed by atoms with E-state index in [1.54, 1.807) is 0 Å². The summed E-state index contributed by atoms with van der Waals surface area (Å²) in [7, 11) is 0. The van der Waals surface area contributed by atoms with Crippen molar-refractivity contribution in [3.05, 3.63) is 54.1 Å². The highest BCUT2D eigenvalue weighted by atomic mass is 16.5. The molecule has 2 aromatic carbocycles. The summed E-state index contributed by atoms with van der Waals surface area (Å²) in [5.74, 6) is 0.858. The van der Waals surface area contributed by atoms with Gasteiger partial charge in [0.15, 0.2) is 0 Å². The molecule has 0 saturated heterocycles. The average molecular weight is 607 g/mol. The van der Waals surface area contributed by atoms with Crippen molar-refractivity contribution in [2.75, 3.05) is 6.61 Å². The van der Waals surface area contributed by atoms with Gasteiger partial charge < -0.3 is 9.47 Å². The first-order chi connectivity index (χ1) is 21.6. The Morgan fingerprint density at radius 1 is 0.523 bits per heavy atom. The number of rotatable bonds is 28. The molecular weight excluding hydrogens is 540 g/mol. The quantitative estimate of drug-likeness (QED) is 0.0714. The third-order valence-corrected chi connectivity index (χ3v) is 8.88. The van der Waals surface area contributed by atoms with Gasteiger partial charge in [0.1, 0.15) is 11.9 Å². The molecule has 3 nitrogen and oxygen atoms in total. The van der Waals surface area contributed by atoms with Crippen LogP contribution in [0.1, 0.15) is 180 Å². The zero-order chi connectivity index (χ0) is 31.5. The molecule has 0 N–H and O–H groups in total. The molecular formula is C41H66O3. The minimum absolute atomic E-state index is 0.0814. The standard InChI is InChI=1S/C41H66O3/c1-4-6-8-10-12-14-16-17-18-20-22-24-26-41(42)44-36(3)37-27-29-38(30-28-37)39-31-33-40(34-32-39)43-35-25-23-21-19-15-13-11-9-7-5-2/h27-34,36H,4-26,35H2,1-3H3. The summed E-state index contributed by atoms with van der Waals surface area (Å²) >= 11 is 0. The highest BCUT2D eigenvalue weighted by Gasteiger charge is 2.12. The molecule has 0 heterocycles. The zero-order valence-electron chi connectivity index (χ0n) is 28.9. The van der Waals surface area contributed by atoms with Gasteiger partial charge in [0.05, 0.1) is 6.61 Å². The molecule has 0 fully saturated rings. The topological polar surface area (TPSA) is 35.5 Å². The van der Waals surface area contributed by atoms with Crippen molar-refractivity contribution in [3.8, 4) is 16.9 Å². The second kappa shape index (κ2) is 26.0. The van der Waals surface area contributed by atoms with Crippen molar-refractivity contribution in [2.24, 2.45) is 0 Å². The molecule has 2 aromatic rings. The summed E-state index contributed by atoms with van der Waals surface area (Å²) in [6.45, 7) is 7.31. The molecule has 44 heavy (non-hydrogen) atoms. The number of carbonyl (C=O) groups excluding carboxylic acids is 1. The largest absolute Gasteiger partial charge is 0.494 e. The Bertz CT molecular complexity index is 933. The number of benzene rings is 2. The predicted molar refractivity (Wildman–Crippen MR) is 189 cm³/mol. The van der Waals surface area contributed by atoms with Crippen LogP contribution < -0.4 is 4.74 Å². The fourth-order valence-electron chi connectivity index (χ4n) is 5.90. The first kappa shape index (κ1) is 37.9. The van der Waals surface area contributed by atoms with Crippen LogP contribution in [0.4, 0.5) is 0 Å². The minimum atomic E-state index is -0.226. The van der Waals surface area contributed by atoms with E-state index in [9.17, 15) is 4.79 Å². The van der Waals surface area contributed by atoms with Crippen LogP contribution in [0.15, 0.2) is 48.5 Å². The molecule has 0 aliphatic heterocycles. The lowest BCUT2D eigenvalue weighted by atomic mass is 10.0. The molecule has 0 spiro atoms. The number of ether oxygens (including phenoxy) is 2. The normalized spacial score (nSPS) is 11.9. The van der Waals surface area contributed by atoms with Crippen LogP contribution >= 0.6 is 0 Å². The van der Waals surface area contributed by atoms with Crippen LogP contribution in [0.2, 0.25) is 0 Å². The third kappa shape index (κ3) is 18.5. The fraction of sp³-hybridized carbons (Fsp3) is 0.683. The van der Waals surface area contributed by atoms with E-state index in [4.69, 9.17) is 9.47 Å². The lowest BCUT2D eigenvalue weighted by molar-refractivity contribution is -0.148. The first-order valence-corrected chi connectivity index (χ1v) is 18.7. The molecule has 248 valence electrons. The lowest BCUT2D eigenvalue weighted by Gasteiger charge is -2.14. The molecule has 1 atom stereocenters. The Morgan fingerprint density at radius 2 is 0.909 bits per heavy atom. The molecule has 0 saturated carbocycles. The van der Waals surface area contributed by atoms with Crippen LogP contribution in [0, 0.1) is 0 Å².